The van der Waals surface area contributed by atoms with Crippen molar-refractivity contribution in [3.05, 3.63) is 95.4 Å². The molecule has 1 unspecified atom stereocenters. The van der Waals surface area contributed by atoms with E-state index < -0.39 is 0 Å². The molecule has 1 aliphatic rings. The molecule has 1 nitrogen and oxygen atoms in total. The first-order valence-electron chi connectivity index (χ1n) is 9.26. The molecule has 1 aliphatic heterocycles. The molecule has 0 saturated heterocycles. The highest BCUT2D eigenvalue weighted by atomic mass is 32.2. The molecule has 0 amide bonds. The fourth-order valence-electron chi connectivity index (χ4n) is 3.40. The van der Waals surface area contributed by atoms with Crippen molar-refractivity contribution >= 4 is 47.0 Å². The van der Waals surface area contributed by atoms with Gasteiger partial charge in [0.25, 0.3) is 0 Å². The van der Waals surface area contributed by atoms with E-state index in [0.29, 0.717) is 5.92 Å². The minimum Gasteiger partial charge on any atom is -0.309 e. The Kier molecular flexibility index (Phi) is 5.61. The smallest absolute Gasteiger partial charge is 0.0540 e. The van der Waals surface area contributed by atoms with Crippen LogP contribution in [0.25, 0.3) is 5.57 Å². The number of benzene rings is 3. The minimum absolute atomic E-state index is 0.602. The Morgan fingerprint density at radius 1 is 0.852 bits per heavy atom. The van der Waals surface area contributed by atoms with Gasteiger partial charge in [0, 0.05) is 22.6 Å². The van der Waals surface area contributed by atoms with Crippen molar-refractivity contribution in [1.29, 1.82) is 0 Å². The molecule has 1 heterocycles. The minimum atomic E-state index is 0.602. The third kappa shape index (κ3) is 3.67. The Morgan fingerprint density at radius 2 is 1.41 bits per heavy atom. The predicted octanol–water partition coefficient (Wildman–Crippen LogP) is 7.16. The molecule has 0 bridgehead atoms. The van der Waals surface area contributed by atoms with Crippen molar-refractivity contribution in [2.24, 2.45) is 5.92 Å². The molecule has 0 N–H and O–H groups in total. The van der Waals surface area contributed by atoms with Gasteiger partial charge in [0.05, 0.1) is 11.4 Å². The summed E-state index contributed by atoms with van der Waals surface area (Å²) in [5.74, 6) is 2.61. The zero-order valence-electron chi connectivity index (χ0n) is 15.4. The van der Waals surface area contributed by atoms with Gasteiger partial charge in [0.15, 0.2) is 0 Å². The highest BCUT2D eigenvalue weighted by Gasteiger charge is 2.26. The summed E-state index contributed by atoms with van der Waals surface area (Å²) in [6.45, 7) is 2.25. The van der Waals surface area contributed by atoms with Gasteiger partial charge < -0.3 is 4.90 Å². The van der Waals surface area contributed by atoms with Gasteiger partial charge in [-0.05, 0) is 46.9 Å². The molecule has 0 spiro atoms. The summed E-state index contributed by atoms with van der Waals surface area (Å²) in [7, 11) is 0. The summed E-state index contributed by atoms with van der Waals surface area (Å²) in [6, 6.07) is 28.0. The van der Waals surface area contributed by atoms with E-state index in [2.05, 4.69) is 109 Å². The Balaban J connectivity index is 1.84. The number of anilines is 3. The molecule has 3 aromatic carbocycles. The first-order valence-corrected chi connectivity index (χ1v) is 10.9. The van der Waals surface area contributed by atoms with Gasteiger partial charge in [-0.3, -0.25) is 0 Å². The van der Waals surface area contributed by atoms with Crippen LogP contribution in [0.5, 0.6) is 0 Å². The maximum atomic E-state index is 4.42. The van der Waals surface area contributed by atoms with Gasteiger partial charge in [-0.2, -0.15) is 12.6 Å². The monoisotopic (exact) mass is 389 g/mol. The molecule has 0 fully saturated rings. The van der Waals surface area contributed by atoms with Crippen molar-refractivity contribution in [2.45, 2.75) is 6.92 Å². The molecular formula is C24H23NS2. The van der Waals surface area contributed by atoms with Crippen LogP contribution in [-0.4, -0.2) is 11.5 Å². The van der Waals surface area contributed by atoms with E-state index in [1.165, 1.54) is 33.8 Å². The lowest BCUT2D eigenvalue weighted by Gasteiger charge is -2.34. The fourth-order valence-corrected chi connectivity index (χ4v) is 4.67. The van der Waals surface area contributed by atoms with Crippen LogP contribution in [0.15, 0.2) is 84.3 Å². The molecule has 1 atom stereocenters. The van der Waals surface area contributed by atoms with Crippen LogP contribution in [0.3, 0.4) is 0 Å². The lowest BCUT2D eigenvalue weighted by molar-refractivity contribution is 0.768. The van der Waals surface area contributed by atoms with E-state index in [1.807, 2.05) is 11.8 Å². The van der Waals surface area contributed by atoms with Gasteiger partial charge in [0.2, 0.25) is 0 Å². The lowest BCUT2D eigenvalue weighted by atomic mass is 9.91. The highest BCUT2D eigenvalue weighted by molar-refractivity contribution is 8.02. The zero-order chi connectivity index (χ0) is 18.6. The standard InChI is InChI=1S/C24H23NS2/c1-18(15-26)16-27-17-22-20-11-5-7-13-23(20)25(19-9-3-2-4-10-19)24-14-8-6-12-21(22)24/h2-14,17-18,26H,15-16H2,1H3. The molecule has 0 aromatic heterocycles. The Morgan fingerprint density at radius 3 is 2.00 bits per heavy atom. The van der Waals surface area contributed by atoms with E-state index in [9.17, 15) is 0 Å². The summed E-state index contributed by atoms with van der Waals surface area (Å²) < 4.78 is 0. The van der Waals surface area contributed by atoms with Crippen LogP contribution in [0.1, 0.15) is 18.1 Å². The summed E-state index contributed by atoms with van der Waals surface area (Å²) in [4.78, 5) is 2.36. The number of fused-ring (bicyclic) bond motifs is 2. The quantitative estimate of drug-likeness (QED) is 0.361. The second kappa shape index (κ2) is 8.28. The van der Waals surface area contributed by atoms with Gasteiger partial charge in [-0.1, -0.05) is 61.5 Å². The van der Waals surface area contributed by atoms with E-state index in [-0.39, 0.29) is 0 Å². The van der Waals surface area contributed by atoms with Crippen molar-refractivity contribution in [3.8, 4) is 0 Å². The summed E-state index contributed by atoms with van der Waals surface area (Å²) in [5, 5.41) is 2.33. The lowest BCUT2D eigenvalue weighted by Crippen LogP contribution is -2.17. The van der Waals surface area contributed by atoms with E-state index in [4.69, 9.17) is 0 Å². The average Bonchev–Trinajstić information content (AvgIpc) is 2.73. The largest absolute Gasteiger partial charge is 0.309 e. The van der Waals surface area contributed by atoms with Gasteiger partial charge in [0.1, 0.15) is 0 Å². The van der Waals surface area contributed by atoms with Crippen molar-refractivity contribution in [3.63, 3.8) is 0 Å². The number of thioether (sulfide) groups is 1. The normalized spacial score (nSPS) is 13.7. The van der Waals surface area contributed by atoms with Gasteiger partial charge in [-0.15, -0.1) is 11.8 Å². The number of thiol groups is 1. The Labute approximate surface area is 171 Å². The zero-order valence-corrected chi connectivity index (χ0v) is 17.1. The van der Waals surface area contributed by atoms with Crippen molar-refractivity contribution in [1.82, 2.24) is 0 Å². The highest BCUT2D eigenvalue weighted by Crippen LogP contribution is 2.48. The molecule has 4 rings (SSSR count). The summed E-state index contributed by atoms with van der Waals surface area (Å²) in [6.07, 6.45) is 0. The second-order valence-corrected chi connectivity index (χ2v) is 8.13. The fraction of sp³-hybridized carbons (Fsp3) is 0.167. The summed E-state index contributed by atoms with van der Waals surface area (Å²) >= 11 is 6.30. The third-order valence-corrected chi connectivity index (χ3v) is 6.57. The van der Waals surface area contributed by atoms with Crippen LogP contribution in [0.2, 0.25) is 0 Å². The van der Waals surface area contributed by atoms with Gasteiger partial charge in [-0.25, -0.2) is 0 Å². The van der Waals surface area contributed by atoms with Crippen molar-refractivity contribution in [2.75, 3.05) is 16.4 Å². The van der Waals surface area contributed by atoms with Crippen LogP contribution in [0, 0.1) is 5.92 Å². The number of para-hydroxylation sites is 3. The molecule has 0 radical (unpaired) electrons. The van der Waals surface area contributed by atoms with E-state index in [1.54, 1.807) is 0 Å². The molecule has 3 aromatic rings. The molecule has 0 aliphatic carbocycles. The molecule has 3 heteroatoms. The third-order valence-electron chi connectivity index (χ3n) is 4.78. The number of hydrogen-bond donors (Lipinski definition) is 1. The Hall–Kier alpha value is -2.10. The maximum absolute atomic E-state index is 4.42. The average molecular weight is 390 g/mol. The van der Waals surface area contributed by atoms with Crippen LogP contribution in [-0.2, 0) is 0 Å². The molecule has 136 valence electrons. The molecule has 27 heavy (non-hydrogen) atoms. The maximum Gasteiger partial charge on any atom is 0.0540 e. The topological polar surface area (TPSA) is 3.24 Å². The second-order valence-electron chi connectivity index (χ2n) is 6.86. The van der Waals surface area contributed by atoms with Gasteiger partial charge >= 0.3 is 0 Å². The molecule has 0 saturated carbocycles. The SMILES string of the molecule is CC(CS)CSC=C1c2ccccc2N(c2ccccc2)c2ccccc21. The van der Waals surface area contributed by atoms with E-state index >= 15 is 0 Å². The first kappa shape index (κ1) is 18.3. The Bertz CT molecular complexity index is 900. The number of rotatable bonds is 5. The van der Waals surface area contributed by atoms with Crippen LogP contribution < -0.4 is 4.90 Å². The van der Waals surface area contributed by atoms with E-state index in [0.717, 1.165) is 11.5 Å². The first-order chi connectivity index (χ1) is 13.3. The van der Waals surface area contributed by atoms with Crippen LogP contribution >= 0.6 is 24.4 Å². The van der Waals surface area contributed by atoms with Crippen molar-refractivity contribution < 1.29 is 0 Å². The van der Waals surface area contributed by atoms with Crippen LogP contribution in [0.4, 0.5) is 17.1 Å². The molecular weight excluding hydrogens is 366 g/mol. The number of nitrogens with zero attached hydrogens (tertiary/aromatic N) is 1. The summed E-state index contributed by atoms with van der Waals surface area (Å²) in [5.41, 5.74) is 7.53. The predicted molar refractivity (Wildman–Crippen MR) is 124 cm³/mol. The number of hydrogen-bond acceptors (Lipinski definition) is 3.